The lowest BCUT2D eigenvalue weighted by Crippen LogP contribution is -2.14. The highest BCUT2D eigenvalue weighted by atomic mass is 16.5. The highest BCUT2D eigenvalue weighted by Crippen LogP contribution is 2.29. The molecular formula is C20H27N3O2. The maximum atomic E-state index is 12.8. The van der Waals surface area contributed by atoms with E-state index in [1.807, 2.05) is 18.2 Å². The van der Waals surface area contributed by atoms with Crippen molar-refractivity contribution in [1.29, 1.82) is 0 Å². The van der Waals surface area contributed by atoms with Gasteiger partial charge in [-0.1, -0.05) is 27.2 Å². The second kappa shape index (κ2) is 6.90. The maximum Gasteiger partial charge on any atom is 0.260 e. The predicted octanol–water partition coefficient (Wildman–Crippen LogP) is 4.24. The van der Waals surface area contributed by atoms with E-state index in [0.29, 0.717) is 17.1 Å². The van der Waals surface area contributed by atoms with Gasteiger partial charge in [0, 0.05) is 17.2 Å². The highest BCUT2D eigenvalue weighted by molar-refractivity contribution is 6.06. The number of nitrogens with one attached hydrogen (secondary N) is 2. The molecule has 0 aliphatic heterocycles. The Morgan fingerprint density at radius 1 is 1.12 bits per heavy atom. The summed E-state index contributed by atoms with van der Waals surface area (Å²) in [6.45, 7) is 6.30. The molecule has 3 rings (SSSR count). The number of anilines is 1. The highest BCUT2D eigenvalue weighted by Gasteiger charge is 2.20. The van der Waals surface area contributed by atoms with E-state index in [9.17, 15) is 4.79 Å². The Labute approximate surface area is 149 Å². The number of hydrogen-bond donors (Lipinski definition) is 2. The van der Waals surface area contributed by atoms with Gasteiger partial charge in [-0.15, -0.1) is 0 Å². The van der Waals surface area contributed by atoms with Crippen molar-refractivity contribution in [3.63, 3.8) is 0 Å². The molecule has 0 atom stereocenters. The minimum Gasteiger partial charge on any atom is -0.496 e. The molecule has 1 aromatic carbocycles. The van der Waals surface area contributed by atoms with Crippen LogP contribution in [0.5, 0.6) is 5.75 Å². The number of benzene rings is 1. The summed E-state index contributed by atoms with van der Waals surface area (Å²) in [6, 6.07) is 5.90. The standard InChI is InChI=1S/C20H27N3O2/c1-20(2,3)17-12-18(23-22-17)21-19(24)15-10-13-8-6-5-7-9-14(13)11-16(15)25-4/h10-12H,5-9H2,1-4H3,(H2,21,22,23,24). The van der Waals surface area contributed by atoms with Crippen molar-refractivity contribution >= 4 is 11.7 Å². The van der Waals surface area contributed by atoms with Crippen LogP contribution in [0, 0.1) is 0 Å². The first-order chi connectivity index (χ1) is 11.9. The minimum absolute atomic E-state index is 0.0439. The molecule has 134 valence electrons. The van der Waals surface area contributed by atoms with Crippen LogP contribution in [0.2, 0.25) is 0 Å². The summed E-state index contributed by atoms with van der Waals surface area (Å²) in [5.41, 5.74) is 4.08. The lowest BCUT2D eigenvalue weighted by atomic mass is 9.92. The van der Waals surface area contributed by atoms with E-state index < -0.39 is 0 Å². The zero-order valence-electron chi connectivity index (χ0n) is 15.5. The van der Waals surface area contributed by atoms with Crippen molar-refractivity contribution < 1.29 is 9.53 Å². The molecule has 5 nitrogen and oxygen atoms in total. The fourth-order valence-electron chi connectivity index (χ4n) is 3.24. The monoisotopic (exact) mass is 341 g/mol. The van der Waals surface area contributed by atoms with Gasteiger partial charge in [0.25, 0.3) is 5.91 Å². The number of carbonyl (C=O) groups is 1. The zero-order valence-corrected chi connectivity index (χ0v) is 15.5. The molecule has 0 spiro atoms. The number of rotatable bonds is 3. The number of methoxy groups -OCH3 is 1. The summed E-state index contributed by atoms with van der Waals surface area (Å²) in [6.07, 6.45) is 5.69. The number of hydrogen-bond acceptors (Lipinski definition) is 3. The van der Waals surface area contributed by atoms with Crippen LogP contribution in [0.3, 0.4) is 0 Å². The third-order valence-electron chi connectivity index (χ3n) is 4.79. The van der Waals surface area contributed by atoms with Crippen molar-refractivity contribution in [2.75, 3.05) is 12.4 Å². The van der Waals surface area contributed by atoms with Crippen LogP contribution in [-0.4, -0.2) is 23.2 Å². The third-order valence-corrected chi connectivity index (χ3v) is 4.79. The SMILES string of the molecule is COc1cc2c(cc1C(=O)Nc1cc(C(C)(C)C)[nH]n1)CCCCC2. The van der Waals surface area contributed by atoms with Crippen LogP contribution in [0.25, 0.3) is 0 Å². The number of H-pyrrole nitrogens is 1. The van der Waals surface area contributed by atoms with Gasteiger partial charge in [-0.05, 0) is 48.9 Å². The molecule has 1 aliphatic carbocycles. The Kier molecular flexibility index (Phi) is 4.84. The fourth-order valence-corrected chi connectivity index (χ4v) is 3.24. The van der Waals surface area contributed by atoms with Crippen LogP contribution in [0.4, 0.5) is 5.82 Å². The number of ether oxygens (including phenoxy) is 1. The Bertz CT molecular complexity index is 772. The molecule has 1 heterocycles. The molecule has 0 unspecified atom stereocenters. The number of fused-ring (bicyclic) bond motifs is 1. The van der Waals surface area contributed by atoms with E-state index in [-0.39, 0.29) is 11.3 Å². The normalized spacial score (nSPS) is 14.6. The molecule has 1 amide bonds. The summed E-state index contributed by atoms with van der Waals surface area (Å²) >= 11 is 0. The Morgan fingerprint density at radius 3 is 2.40 bits per heavy atom. The largest absolute Gasteiger partial charge is 0.496 e. The van der Waals surface area contributed by atoms with E-state index in [1.54, 1.807) is 7.11 Å². The molecule has 0 bridgehead atoms. The van der Waals surface area contributed by atoms with Gasteiger partial charge in [-0.2, -0.15) is 5.10 Å². The molecule has 0 saturated heterocycles. The van der Waals surface area contributed by atoms with Crippen molar-refractivity contribution in [2.45, 2.75) is 58.3 Å². The number of nitrogens with zero attached hydrogens (tertiary/aromatic N) is 1. The second-order valence-corrected chi connectivity index (χ2v) is 7.75. The smallest absolute Gasteiger partial charge is 0.260 e. The average molecular weight is 341 g/mol. The fraction of sp³-hybridized carbons (Fsp3) is 0.500. The van der Waals surface area contributed by atoms with E-state index >= 15 is 0 Å². The predicted molar refractivity (Wildman–Crippen MR) is 99.5 cm³/mol. The molecule has 0 radical (unpaired) electrons. The van der Waals surface area contributed by atoms with Gasteiger partial charge in [-0.3, -0.25) is 9.89 Å². The van der Waals surface area contributed by atoms with E-state index in [4.69, 9.17) is 4.74 Å². The van der Waals surface area contributed by atoms with Gasteiger partial charge in [0.05, 0.1) is 12.7 Å². The van der Waals surface area contributed by atoms with Crippen LogP contribution in [-0.2, 0) is 18.3 Å². The topological polar surface area (TPSA) is 67.0 Å². The van der Waals surface area contributed by atoms with Gasteiger partial charge in [0.2, 0.25) is 0 Å². The minimum atomic E-state index is -0.184. The summed E-state index contributed by atoms with van der Waals surface area (Å²) in [4.78, 5) is 12.8. The summed E-state index contributed by atoms with van der Waals surface area (Å²) in [5.74, 6) is 0.979. The van der Waals surface area contributed by atoms with Crippen molar-refractivity contribution in [1.82, 2.24) is 10.2 Å². The van der Waals surface area contributed by atoms with Crippen LogP contribution < -0.4 is 10.1 Å². The van der Waals surface area contributed by atoms with Crippen molar-refractivity contribution in [3.8, 4) is 5.75 Å². The number of aromatic amines is 1. The van der Waals surface area contributed by atoms with Crippen molar-refractivity contribution in [3.05, 3.63) is 40.6 Å². The quantitative estimate of drug-likeness (QED) is 0.821. The van der Waals surface area contributed by atoms with Gasteiger partial charge < -0.3 is 10.1 Å². The molecule has 25 heavy (non-hydrogen) atoms. The first-order valence-corrected chi connectivity index (χ1v) is 8.95. The lowest BCUT2D eigenvalue weighted by molar-refractivity contribution is 0.102. The first kappa shape index (κ1) is 17.5. The second-order valence-electron chi connectivity index (χ2n) is 7.75. The van der Waals surface area contributed by atoms with Gasteiger partial charge in [-0.25, -0.2) is 0 Å². The van der Waals surface area contributed by atoms with Gasteiger partial charge >= 0.3 is 0 Å². The van der Waals surface area contributed by atoms with Crippen molar-refractivity contribution in [2.24, 2.45) is 0 Å². The molecule has 0 saturated carbocycles. The molecule has 2 aromatic rings. The lowest BCUT2D eigenvalue weighted by Gasteiger charge is -2.15. The number of carbonyl (C=O) groups excluding carboxylic acids is 1. The summed E-state index contributed by atoms with van der Waals surface area (Å²) in [5, 5.41) is 10.1. The first-order valence-electron chi connectivity index (χ1n) is 8.95. The number of amides is 1. The molecule has 0 fully saturated rings. The van der Waals surface area contributed by atoms with Gasteiger partial charge in [0.15, 0.2) is 5.82 Å². The molecule has 1 aromatic heterocycles. The van der Waals surface area contributed by atoms with Crippen LogP contribution in [0.15, 0.2) is 18.2 Å². The number of aromatic nitrogens is 2. The zero-order chi connectivity index (χ0) is 18.0. The summed E-state index contributed by atoms with van der Waals surface area (Å²) in [7, 11) is 1.61. The molecule has 5 heteroatoms. The van der Waals surface area contributed by atoms with Crippen LogP contribution in [0.1, 0.15) is 67.2 Å². The van der Waals surface area contributed by atoms with Gasteiger partial charge in [0.1, 0.15) is 5.75 Å². The maximum absolute atomic E-state index is 12.8. The van der Waals surface area contributed by atoms with E-state index in [0.717, 1.165) is 18.5 Å². The molecule has 2 N–H and O–H groups in total. The molecular weight excluding hydrogens is 314 g/mol. The number of aryl methyl sites for hydroxylation is 2. The van der Waals surface area contributed by atoms with E-state index in [2.05, 4.69) is 36.3 Å². The third kappa shape index (κ3) is 3.86. The average Bonchev–Trinajstić information content (AvgIpc) is 2.91. The van der Waals surface area contributed by atoms with E-state index in [1.165, 1.54) is 30.4 Å². The Hall–Kier alpha value is -2.30. The summed E-state index contributed by atoms with van der Waals surface area (Å²) < 4.78 is 5.48. The van der Waals surface area contributed by atoms with Crippen LogP contribution >= 0.6 is 0 Å². The Morgan fingerprint density at radius 2 is 1.80 bits per heavy atom. The molecule has 1 aliphatic rings. The Balaban J connectivity index is 1.86.